The van der Waals surface area contributed by atoms with Crippen molar-refractivity contribution in [2.75, 3.05) is 5.32 Å². The summed E-state index contributed by atoms with van der Waals surface area (Å²) in [5.74, 6) is 0. The summed E-state index contributed by atoms with van der Waals surface area (Å²) < 4.78 is 0.947. The van der Waals surface area contributed by atoms with Crippen molar-refractivity contribution in [2.24, 2.45) is 0 Å². The van der Waals surface area contributed by atoms with Crippen molar-refractivity contribution >= 4 is 21.6 Å². The van der Waals surface area contributed by atoms with Crippen molar-refractivity contribution in [3.05, 3.63) is 58.3 Å². The number of nitriles is 1. The molecule has 1 aromatic carbocycles. The second-order valence-corrected chi connectivity index (χ2v) is 4.87. The van der Waals surface area contributed by atoms with Gasteiger partial charge in [-0.25, -0.2) is 0 Å². The van der Waals surface area contributed by atoms with Crippen molar-refractivity contribution in [1.29, 1.82) is 5.26 Å². The molecule has 0 spiro atoms. The van der Waals surface area contributed by atoms with Gasteiger partial charge in [0.15, 0.2) is 0 Å². The molecule has 3 nitrogen and oxygen atoms in total. The highest BCUT2D eigenvalue weighted by molar-refractivity contribution is 9.10. The molecule has 0 amide bonds. The Morgan fingerprint density at radius 3 is 2.89 bits per heavy atom. The highest BCUT2D eigenvalue weighted by atomic mass is 79.9. The zero-order chi connectivity index (χ0) is 13.0. The zero-order valence-corrected chi connectivity index (χ0v) is 11.5. The Bertz CT molecular complexity index is 575. The lowest BCUT2D eigenvalue weighted by atomic mass is 10.1. The molecule has 2 rings (SSSR count). The van der Waals surface area contributed by atoms with Crippen LogP contribution in [-0.2, 0) is 0 Å². The van der Waals surface area contributed by atoms with Crippen molar-refractivity contribution in [2.45, 2.75) is 13.0 Å². The molecule has 0 saturated heterocycles. The third-order valence-corrected chi connectivity index (χ3v) is 3.15. The van der Waals surface area contributed by atoms with Crippen LogP contribution in [0.15, 0.2) is 47.2 Å². The van der Waals surface area contributed by atoms with Crippen LogP contribution in [0, 0.1) is 11.3 Å². The van der Waals surface area contributed by atoms with Gasteiger partial charge in [-0.2, -0.15) is 5.26 Å². The van der Waals surface area contributed by atoms with E-state index in [0.29, 0.717) is 5.56 Å². The maximum atomic E-state index is 9.08. The van der Waals surface area contributed by atoms with E-state index in [4.69, 9.17) is 5.26 Å². The van der Waals surface area contributed by atoms with E-state index < -0.39 is 0 Å². The Morgan fingerprint density at radius 1 is 1.39 bits per heavy atom. The lowest BCUT2D eigenvalue weighted by Gasteiger charge is -2.16. The predicted molar refractivity (Wildman–Crippen MR) is 75.1 cm³/mol. The first-order valence-corrected chi connectivity index (χ1v) is 6.36. The lowest BCUT2D eigenvalue weighted by Crippen LogP contribution is -2.08. The molecule has 2 aromatic rings. The number of hydrogen-bond acceptors (Lipinski definition) is 3. The number of aromatic nitrogens is 1. The fourth-order valence-electron chi connectivity index (χ4n) is 1.68. The molecule has 90 valence electrons. The maximum Gasteiger partial charge on any atom is 0.101 e. The molecular weight excluding hydrogens is 290 g/mol. The molecule has 1 aromatic heterocycles. The van der Waals surface area contributed by atoms with Crippen molar-refractivity contribution in [3.8, 4) is 6.07 Å². The number of anilines is 1. The van der Waals surface area contributed by atoms with Crippen molar-refractivity contribution in [1.82, 2.24) is 4.98 Å². The van der Waals surface area contributed by atoms with E-state index in [1.807, 2.05) is 37.4 Å². The second kappa shape index (κ2) is 5.65. The average Bonchev–Trinajstić information content (AvgIpc) is 2.40. The predicted octanol–water partition coefficient (Wildman–Crippen LogP) is 3.89. The highest BCUT2D eigenvalue weighted by Gasteiger charge is 2.08. The molecule has 0 aliphatic carbocycles. The Labute approximate surface area is 115 Å². The van der Waals surface area contributed by atoms with Crippen LogP contribution in [0.2, 0.25) is 0 Å². The smallest absolute Gasteiger partial charge is 0.101 e. The lowest BCUT2D eigenvalue weighted by molar-refractivity contribution is 0.875. The first kappa shape index (κ1) is 12.6. The minimum absolute atomic E-state index is 0.0973. The summed E-state index contributed by atoms with van der Waals surface area (Å²) in [5.41, 5.74) is 2.54. The van der Waals surface area contributed by atoms with Crippen molar-refractivity contribution < 1.29 is 0 Å². The number of hydrogen-bond donors (Lipinski definition) is 1. The van der Waals surface area contributed by atoms with Crippen LogP contribution in [0.4, 0.5) is 5.69 Å². The largest absolute Gasteiger partial charge is 0.377 e. The van der Waals surface area contributed by atoms with Crippen LogP contribution < -0.4 is 5.32 Å². The molecule has 18 heavy (non-hydrogen) atoms. The van der Waals surface area contributed by atoms with Crippen LogP contribution in [-0.4, -0.2) is 4.98 Å². The van der Waals surface area contributed by atoms with Gasteiger partial charge in [-0.3, -0.25) is 4.98 Å². The summed E-state index contributed by atoms with van der Waals surface area (Å²) in [7, 11) is 0. The topological polar surface area (TPSA) is 48.7 Å². The van der Waals surface area contributed by atoms with Gasteiger partial charge in [0, 0.05) is 16.9 Å². The first-order valence-electron chi connectivity index (χ1n) is 5.57. The van der Waals surface area contributed by atoms with Crippen LogP contribution in [0.3, 0.4) is 0 Å². The standard InChI is InChI=1S/C14H12BrN3/c1-10(12-3-2-6-17-9-12)18-14-7-13(15)5-4-11(14)8-16/h2-7,9-10,18H,1H3. The minimum atomic E-state index is 0.0973. The summed E-state index contributed by atoms with van der Waals surface area (Å²) in [5, 5.41) is 12.4. The normalized spacial score (nSPS) is 11.6. The monoisotopic (exact) mass is 301 g/mol. The van der Waals surface area contributed by atoms with E-state index in [1.165, 1.54) is 0 Å². The first-order chi connectivity index (χ1) is 8.70. The number of benzene rings is 1. The second-order valence-electron chi connectivity index (χ2n) is 3.95. The summed E-state index contributed by atoms with van der Waals surface area (Å²) in [6, 6.07) is 11.8. The molecule has 1 N–H and O–H groups in total. The number of rotatable bonds is 3. The van der Waals surface area contributed by atoms with Crippen LogP contribution >= 0.6 is 15.9 Å². The number of halogens is 1. The Morgan fingerprint density at radius 2 is 2.22 bits per heavy atom. The molecule has 0 aliphatic rings. The number of pyridine rings is 1. The Hall–Kier alpha value is -1.86. The van der Waals surface area contributed by atoms with Gasteiger partial charge < -0.3 is 5.32 Å². The molecule has 0 fully saturated rings. The van der Waals surface area contributed by atoms with Gasteiger partial charge in [0.2, 0.25) is 0 Å². The zero-order valence-electron chi connectivity index (χ0n) is 9.89. The van der Waals surface area contributed by atoms with Gasteiger partial charge in [0.05, 0.1) is 17.3 Å². The Balaban J connectivity index is 2.24. The van der Waals surface area contributed by atoms with Gasteiger partial charge in [0.25, 0.3) is 0 Å². The number of nitrogens with zero attached hydrogens (tertiary/aromatic N) is 2. The fraction of sp³-hybridized carbons (Fsp3) is 0.143. The van der Waals surface area contributed by atoms with E-state index in [9.17, 15) is 0 Å². The minimum Gasteiger partial charge on any atom is -0.377 e. The summed E-state index contributed by atoms with van der Waals surface area (Å²) in [6.45, 7) is 2.04. The SMILES string of the molecule is CC(Nc1cc(Br)ccc1C#N)c1cccnc1. The summed E-state index contributed by atoms with van der Waals surface area (Å²) >= 11 is 3.41. The van der Waals surface area contributed by atoms with Gasteiger partial charge in [0.1, 0.15) is 6.07 Å². The van der Waals surface area contributed by atoms with E-state index in [1.54, 1.807) is 12.3 Å². The molecule has 0 radical (unpaired) electrons. The quantitative estimate of drug-likeness (QED) is 0.935. The highest BCUT2D eigenvalue weighted by Crippen LogP contribution is 2.25. The third-order valence-electron chi connectivity index (χ3n) is 2.66. The molecule has 4 heteroatoms. The molecular formula is C14H12BrN3. The van der Waals surface area contributed by atoms with Crippen LogP contribution in [0.5, 0.6) is 0 Å². The maximum absolute atomic E-state index is 9.08. The van der Waals surface area contributed by atoms with Gasteiger partial charge in [-0.05, 0) is 36.8 Å². The van der Waals surface area contributed by atoms with Gasteiger partial charge in [-0.1, -0.05) is 22.0 Å². The fourth-order valence-corrected chi connectivity index (χ4v) is 2.04. The third kappa shape index (κ3) is 2.88. The van der Waals surface area contributed by atoms with E-state index >= 15 is 0 Å². The van der Waals surface area contributed by atoms with E-state index in [0.717, 1.165) is 15.7 Å². The molecule has 0 bridgehead atoms. The van der Waals surface area contributed by atoms with Gasteiger partial charge in [-0.15, -0.1) is 0 Å². The van der Waals surface area contributed by atoms with E-state index in [2.05, 4.69) is 32.3 Å². The average molecular weight is 302 g/mol. The molecule has 1 unspecified atom stereocenters. The molecule has 0 aliphatic heterocycles. The molecule has 0 saturated carbocycles. The summed E-state index contributed by atoms with van der Waals surface area (Å²) in [4.78, 5) is 4.09. The Kier molecular flexibility index (Phi) is 3.96. The molecule has 1 atom stereocenters. The molecule has 1 heterocycles. The number of nitrogens with one attached hydrogen (secondary N) is 1. The van der Waals surface area contributed by atoms with Crippen LogP contribution in [0.25, 0.3) is 0 Å². The van der Waals surface area contributed by atoms with Crippen molar-refractivity contribution in [3.63, 3.8) is 0 Å². The van der Waals surface area contributed by atoms with Crippen LogP contribution in [0.1, 0.15) is 24.1 Å². The van der Waals surface area contributed by atoms with E-state index in [-0.39, 0.29) is 6.04 Å². The van der Waals surface area contributed by atoms with Gasteiger partial charge >= 0.3 is 0 Å². The summed E-state index contributed by atoms with van der Waals surface area (Å²) in [6.07, 6.45) is 3.57.